The van der Waals surface area contributed by atoms with Crippen molar-refractivity contribution in [2.24, 2.45) is 5.92 Å². The van der Waals surface area contributed by atoms with Crippen LogP contribution in [0.25, 0.3) is 0 Å². The Morgan fingerprint density at radius 2 is 2.25 bits per heavy atom. The van der Waals surface area contributed by atoms with E-state index in [1.165, 1.54) is 0 Å². The fourth-order valence-electron chi connectivity index (χ4n) is 3.02. The SMILES string of the molecule is CC(C)Cc1cccn([C@@H]2CCCN(CCF)C2)c1=O. The minimum Gasteiger partial charge on any atom is -0.311 e. The number of halogens is 1. The number of alkyl halides is 1. The third kappa shape index (κ3) is 3.69. The van der Waals surface area contributed by atoms with Gasteiger partial charge in [-0.1, -0.05) is 19.9 Å². The monoisotopic (exact) mass is 280 g/mol. The highest BCUT2D eigenvalue weighted by Crippen LogP contribution is 2.20. The zero-order valence-electron chi connectivity index (χ0n) is 12.5. The van der Waals surface area contributed by atoms with Crippen LogP contribution in [0.15, 0.2) is 23.1 Å². The van der Waals surface area contributed by atoms with Crippen molar-refractivity contribution in [1.29, 1.82) is 0 Å². The van der Waals surface area contributed by atoms with E-state index in [2.05, 4.69) is 18.7 Å². The van der Waals surface area contributed by atoms with Gasteiger partial charge < -0.3 is 4.57 Å². The molecule has 4 heteroatoms. The molecule has 0 amide bonds. The summed E-state index contributed by atoms with van der Waals surface area (Å²) in [5, 5.41) is 0. The fourth-order valence-corrected chi connectivity index (χ4v) is 3.02. The van der Waals surface area contributed by atoms with Gasteiger partial charge in [-0.25, -0.2) is 4.39 Å². The van der Waals surface area contributed by atoms with Crippen LogP contribution >= 0.6 is 0 Å². The molecule has 1 atom stereocenters. The molecule has 1 saturated heterocycles. The number of piperidine rings is 1. The van der Waals surface area contributed by atoms with Crippen LogP contribution in [0.5, 0.6) is 0 Å². The van der Waals surface area contributed by atoms with Gasteiger partial charge in [-0.3, -0.25) is 9.69 Å². The Hall–Kier alpha value is -1.16. The molecular formula is C16H25FN2O. The van der Waals surface area contributed by atoms with Crippen molar-refractivity contribution >= 4 is 0 Å². The smallest absolute Gasteiger partial charge is 0.254 e. The molecule has 1 fully saturated rings. The lowest BCUT2D eigenvalue weighted by Gasteiger charge is -2.33. The summed E-state index contributed by atoms with van der Waals surface area (Å²) in [6.07, 6.45) is 4.75. The van der Waals surface area contributed by atoms with Crippen LogP contribution in [0.4, 0.5) is 4.39 Å². The summed E-state index contributed by atoms with van der Waals surface area (Å²) in [5.74, 6) is 0.480. The van der Waals surface area contributed by atoms with Gasteiger partial charge in [-0.2, -0.15) is 0 Å². The van der Waals surface area contributed by atoms with Crippen LogP contribution in [0.1, 0.15) is 38.3 Å². The Morgan fingerprint density at radius 3 is 2.95 bits per heavy atom. The molecule has 0 aromatic carbocycles. The van der Waals surface area contributed by atoms with E-state index in [1.54, 1.807) is 0 Å². The Balaban J connectivity index is 2.17. The molecule has 0 N–H and O–H groups in total. The maximum absolute atomic E-state index is 12.5. The largest absolute Gasteiger partial charge is 0.311 e. The number of rotatable bonds is 5. The summed E-state index contributed by atoms with van der Waals surface area (Å²) in [6.45, 7) is 6.16. The number of likely N-dealkylation sites (tertiary alicyclic amines) is 1. The highest BCUT2D eigenvalue weighted by molar-refractivity contribution is 5.12. The molecule has 2 rings (SSSR count). The molecular weight excluding hydrogens is 255 g/mol. The lowest BCUT2D eigenvalue weighted by Crippen LogP contribution is -2.41. The van der Waals surface area contributed by atoms with Crippen molar-refractivity contribution in [2.75, 3.05) is 26.3 Å². The molecule has 0 radical (unpaired) electrons. The summed E-state index contributed by atoms with van der Waals surface area (Å²) >= 11 is 0. The number of hydrogen-bond donors (Lipinski definition) is 0. The number of nitrogens with zero attached hydrogens (tertiary/aromatic N) is 2. The van der Waals surface area contributed by atoms with Crippen molar-refractivity contribution in [3.63, 3.8) is 0 Å². The van der Waals surface area contributed by atoms with E-state index < -0.39 is 0 Å². The van der Waals surface area contributed by atoms with E-state index in [4.69, 9.17) is 0 Å². The van der Waals surface area contributed by atoms with Gasteiger partial charge in [0.25, 0.3) is 5.56 Å². The van der Waals surface area contributed by atoms with Gasteiger partial charge >= 0.3 is 0 Å². The molecule has 1 aliphatic rings. The summed E-state index contributed by atoms with van der Waals surface area (Å²) in [5.41, 5.74) is 1.03. The molecule has 0 aliphatic carbocycles. The van der Waals surface area contributed by atoms with Crippen LogP contribution in [-0.2, 0) is 6.42 Å². The predicted octanol–water partition coefficient (Wildman–Crippen LogP) is 2.65. The van der Waals surface area contributed by atoms with Gasteiger partial charge in [0.1, 0.15) is 6.67 Å². The summed E-state index contributed by atoms with van der Waals surface area (Å²) in [7, 11) is 0. The van der Waals surface area contributed by atoms with E-state index in [0.29, 0.717) is 12.5 Å². The molecule has 3 nitrogen and oxygen atoms in total. The van der Waals surface area contributed by atoms with Crippen LogP contribution < -0.4 is 5.56 Å². The van der Waals surface area contributed by atoms with E-state index in [-0.39, 0.29) is 18.3 Å². The maximum Gasteiger partial charge on any atom is 0.254 e. The normalized spacial score (nSPS) is 20.5. The second kappa shape index (κ2) is 7.02. The van der Waals surface area contributed by atoms with E-state index in [9.17, 15) is 9.18 Å². The summed E-state index contributed by atoms with van der Waals surface area (Å²) < 4.78 is 14.3. The third-order valence-electron chi connectivity index (χ3n) is 3.96. The van der Waals surface area contributed by atoms with Gasteiger partial charge in [0.2, 0.25) is 0 Å². The van der Waals surface area contributed by atoms with Crippen molar-refractivity contribution in [2.45, 2.75) is 39.2 Å². The molecule has 0 unspecified atom stereocenters. The van der Waals surface area contributed by atoms with Gasteiger partial charge in [-0.05, 0) is 37.8 Å². The third-order valence-corrected chi connectivity index (χ3v) is 3.96. The first kappa shape index (κ1) is 15.2. The van der Waals surface area contributed by atoms with E-state index in [0.717, 1.165) is 37.9 Å². The fraction of sp³-hybridized carbons (Fsp3) is 0.688. The minimum atomic E-state index is -0.311. The zero-order valence-corrected chi connectivity index (χ0v) is 12.5. The molecule has 0 bridgehead atoms. The standard InChI is InChI=1S/C16H25FN2O/c1-13(2)11-14-5-3-9-19(16(14)20)15-6-4-8-18(12-15)10-7-17/h3,5,9,13,15H,4,6-8,10-12H2,1-2H3/t15-/m1/s1. The lowest BCUT2D eigenvalue weighted by molar-refractivity contribution is 0.164. The van der Waals surface area contributed by atoms with Crippen molar-refractivity contribution < 1.29 is 4.39 Å². The van der Waals surface area contributed by atoms with Crippen molar-refractivity contribution in [3.8, 4) is 0 Å². The number of aromatic nitrogens is 1. The van der Waals surface area contributed by atoms with Crippen LogP contribution in [0.2, 0.25) is 0 Å². The predicted molar refractivity (Wildman–Crippen MR) is 79.9 cm³/mol. The van der Waals surface area contributed by atoms with E-state index >= 15 is 0 Å². The average molecular weight is 280 g/mol. The topological polar surface area (TPSA) is 25.2 Å². The number of pyridine rings is 1. The second-order valence-electron chi connectivity index (χ2n) is 6.13. The highest BCUT2D eigenvalue weighted by atomic mass is 19.1. The van der Waals surface area contributed by atoms with Crippen molar-refractivity contribution in [1.82, 2.24) is 9.47 Å². The van der Waals surface area contributed by atoms with Crippen LogP contribution in [-0.4, -0.2) is 35.8 Å². The average Bonchev–Trinajstić information content (AvgIpc) is 2.41. The summed E-state index contributed by atoms with van der Waals surface area (Å²) in [6, 6.07) is 4.09. The van der Waals surface area contributed by atoms with Gasteiger partial charge in [0.05, 0.1) is 0 Å². The van der Waals surface area contributed by atoms with Gasteiger partial charge in [0, 0.05) is 30.9 Å². The Kier molecular flexibility index (Phi) is 5.35. The van der Waals surface area contributed by atoms with Gasteiger partial charge in [0.15, 0.2) is 0 Å². The molecule has 112 valence electrons. The van der Waals surface area contributed by atoms with Crippen molar-refractivity contribution in [3.05, 3.63) is 34.2 Å². The molecule has 2 heterocycles. The molecule has 1 aliphatic heterocycles. The second-order valence-corrected chi connectivity index (χ2v) is 6.13. The van der Waals surface area contributed by atoms with E-state index in [1.807, 2.05) is 22.9 Å². The molecule has 0 spiro atoms. The first-order chi connectivity index (χ1) is 9.61. The quantitative estimate of drug-likeness (QED) is 0.828. The Labute approximate surface area is 120 Å². The molecule has 20 heavy (non-hydrogen) atoms. The summed E-state index contributed by atoms with van der Waals surface area (Å²) in [4.78, 5) is 14.7. The first-order valence-electron chi connectivity index (χ1n) is 7.60. The highest BCUT2D eigenvalue weighted by Gasteiger charge is 2.22. The molecule has 1 aromatic heterocycles. The zero-order chi connectivity index (χ0) is 14.5. The lowest BCUT2D eigenvalue weighted by atomic mass is 10.0. The van der Waals surface area contributed by atoms with Crippen LogP contribution in [0, 0.1) is 5.92 Å². The Bertz CT molecular complexity index is 482. The molecule has 0 saturated carbocycles. The Morgan fingerprint density at radius 1 is 1.45 bits per heavy atom. The first-order valence-corrected chi connectivity index (χ1v) is 7.60. The molecule has 1 aromatic rings. The minimum absolute atomic E-state index is 0.133. The van der Waals surface area contributed by atoms with Gasteiger partial charge in [-0.15, -0.1) is 0 Å². The maximum atomic E-state index is 12.5. The van der Waals surface area contributed by atoms with Crippen LogP contribution in [0.3, 0.4) is 0 Å². The number of hydrogen-bond acceptors (Lipinski definition) is 2.